The van der Waals surface area contributed by atoms with Gasteiger partial charge in [-0.25, -0.2) is 0 Å². The molecular weight excluding hydrogens is 182 g/mol. The number of aromatic nitrogens is 2. The van der Waals surface area contributed by atoms with E-state index in [4.69, 9.17) is 4.42 Å². The quantitative estimate of drug-likeness (QED) is 0.756. The van der Waals surface area contributed by atoms with Crippen molar-refractivity contribution in [1.82, 2.24) is 10.2 Å². The van der Waals surface area contributed by atoms with E-state index in [9.17, 15) is 4.79 Å². The number of amides is 1. The summed E-state index contributed by atoms with van der Waals surface area (Å²) in [6.07, 6.45) is 3.05. The van der Waals surface area contributed by atoms with Gasteiger partial charge in [-0.3, -0.25) is 9.89 Å². The SMILES string of the molecule is Cc1occc1C(=O)Nc1ccn[nH]1. The zero-order chi connectivity index (χ0) is 9.97. The minimum absolute atomic E-state index is 0.208. The molecule has 0 saturated carbocycles. The first-order valence-electron chi connectivity index (χ1n) is 4.12. The van der Waals surface area contributed by atoms with E-state index in [-0.39, 0.29) is 5.91 Å². The Hall–Kier alpha value is -2.04. The minimum Gasteiger partial charge on any atom is -0.469 e. The Morgan fingerprint density at radius 2 is 2.43 bits per heavy atom. The van der Waals surface area contributed by atoms with Gasteiger partial charge in [-0.15, -0.1) is 0 Å². The number of nitrogens with one attached hydrogen (secondary N) is 2. The molecule has 0 unspecified atom stereocenters. The van der Waals surface area contributed by atoms with Crippen molar-refractivity contribution in [3.63, 3.8) is 0 Å². The molecule has 5 nitrogen and oxygen atoms in total. The number of anilines is 1. The number of furan rings is 1. The lowest BCUT2D eigenvalue weighted by Gasteiger charge is -1.99. The standard InChI is InChI=1S/C9H9N3O2/c1-6-7(3-5-14-6)9(13)11-8-2-4-10-12-8/h2-5H,1H3,(H2,10,11,12,13). The summed E-state index contributed by atoms with van der Waals surface area (Å²) in [4.78, 5) is 11.6. The summed E-state index contributed by atoms with van der Waals surface area (Å²) in [6.45, 7) is 1.74. The second kappa shape index (κ2) is 3.37. The van der Waals surface area contributed by atoms with Gasteiger partial charge >= 0.3 is 0 Å². The van der Waals surface area contributed by atoms with Crippen LogP contribution in [0.5, 0.6) is 0 Å². The molecule has 2 heterocycles. The van der Waals surface area contributed by atoms with Crippen LogP contribution in [0.1, 0.15) is 16.1 Å². The molecule has 0 aromatic carbocycles. The molecule has 0 aliphatic carbocycles. The lowest BCUT2D eigenvalue weighted by atomic mass is 10.2. The summed E-state index contributed by atoms with van der Waals surface area (Å²) in [5.41, 5.74) is 0.527. The van der Waals surface area contributed by atoms with Gasteiger partial charge < -0.3 is 9.73 Å². The Labute approximate surface area is 80.1 Å². The van der Waals surface area contributed by atoms with Crippen molar-refractivity contribution in [2.45, 2.75) is 6.92 Å². The van der Waals surface area contributed by atoms with Crippen LogP contribution in [0.15, 0.2) is 29.0 Å². The number of carbonyl (C=O) groups excluding carboxylic acids is 1. The second-order valence-electron chi connectivity index (χ2n) is 2.81. The van der Waals surface area contributed by atoms with Gasteiger partial charge in [0.15, 0.2) is 0 Å². The predicted molar refractivity (Wildman–Crippen MR) is 50.0 cm³/mol. The molecule has 0 atom stereocenters. The molecule has 2 aromatic rings. The van der Waals surface area contributed by atoms with Crippen LogP contribution in [0.25, 0.3) is 0 Å². The maximum absolute atomic E-state index is 11.6. The van der Waals surface area contributed by atoms with Gasteiger partial charge in [0.05, 0.1) is 18.0 Å². The summed E-state index contributed by atoms with van der Waals surface area (Å²) in [7, 11) is 0. The fourth-order valence-corrected chi connectivity index (χ4v) is 1.14. The highest BCUT2D eigenvalue weighted by molar-refractivity contribution is 6.04. The average molecular weight is 191 g/mol. The largest absolute Gasteiger partial charge is 0.469 e. The molecule has 0 fully saturated rings. The molecule has 2 N–H and O–H groups in total. The van der Waals surface area contributed by atoms with Gasteiger partial charge in [0.1, 0.15) is 11.6 Å². The van der Waals surface area contributed by atoms with Crippen LogP contribution in [0.3, 0.4) is 0 Å². The molecule has 0 aliphatic heterocycles. The van der Waals surface area contributed by atoms with E-state index in [1.807, 2.05) is 0 Å². The Balaban J connectivity index is 2.14. The van der Waals surface area contributed by atoms with E-state index in [0.29, 0.717) is 17.1 Å². The van der Waals surface area contributed by atoms with E-state index < -0.39 is 0 Å². The summed E-state index contributed by atoms with van der Waals surface area (Å²) in [5, 5.41) is 9.00. The number of carbonyl (C=O) groups is 1. The number of hydrogen-bond acceptors (Lipinski definition) is 3. The van der Waals surface area contributed by atoms with Crippen molar-refractivity contribution in [2.24, 2.45) is 0 Å². The highest BCUT2D eigenvalue weighted by atomic mass is 16.3. The molecule has 0 radical (unpaired) electrons. The maximum atomic E-state index is 11.6. The molecule has 2 aromatic heterocycles. The first-order valence-corrected chi connectivity index (χ1v) is 4.12. The Morgan fingerprint density at radius 3 is 3.00 bits per heavy atom. The van der Waals surface area contributed by atoms with Crippen molar-refractivity contribution >= 4 is 11.7 Å². The first kappa shape index (κ1) is 8.55. The summed E-state index contributed by atoms with van der Waals surface area (Å²) >= 11 is 0. The Kier molecular flexibility index (Phi) is 2.06. The predicted octanol–water partition coefficient (Wildman–Crippen LogP) is 1.56. The fourth-order valence-electron chi connectivity index (χ4n) is 1.14. The van der Waals surface area contributed by atoms with Gasteiger partial charge in [0.2, 0.25) is 0 Å². The van der Waals surface area contributed by atoms with Crippen LogP contribution in [0.2, 0.25) is 0 Å². The Bertz CT molecular complexity index is 431. The van der Waals surface area contributed by atoms with Gasteiger partial charge in [-0.2, -0.15) is 5.10 Å². The van der Waals surface area contributed by atoms with Gasteiger partial charge in [-0.05, 0) is 13.0 Å². The van der Waals surface area contributed by atoms with Crippen molar-refractivity contribution in [3.8, 4) is 0 Å². The third-order valence-corrected chi connectivity index (χ3v) is 1.85. The number of aromatic amines is 1. The molecule has 14 heavy (non-hydrogen) atoms. The number of nitrogens with zero attached hydrogens (tertiary/aromatic N) is 1. The molecule has 5 heteroatoms. The van der Waals surface area contributed by atoms with Crippen molar-refractivity contribution in [3.05, 3.63) is 35.9 Å². The van der Waals surface area contributed by atoms with E-state index >= 15 is 0 Å². The van der Waals surface area contributed by atoms with Crippen LogP contribution in [0.4, 0.5) is 5.82 Å². The van der Waals surface area contributed by atoms with Crippen LogP contribution < -0.4 is 5.32 Å². The molecule has 0 spiro atoms. The van der Waals surface area contributed by atoms with Gasteiger partial charge in [0, 0.05) is 6.07 Å². The number of aryl methyl sites for hydroxylation is 1. The van der Waals surface area contributed by atoms with Crippen molar-refractivity contribution < 1.29 is 9.21 Å². The monoisotopic (exact) mass is 191 g/mol. The molecular formula is C9H9N3O2. The lowest BCUT2D eigenvalue weighted by molar-refractivity contribution is 0.102. The molecule has 0 bridgehead atoms. The fraction of sp³-hybridized carbons (Fsp3) is 0.111. The normalized spacial score (nSPS) is 10.1. The highest BCUT2D eigenvalue weighted by Gasteiger charge is 2.11. The topological polar surface area (TPSA) is 70.9 Å². The van der Waals surface area contributed by atoms with Gasteiger partial charge in [0.25, 0.3) is 5.91 Å². The molecule has 0 aliphatic rings. The lowest BCUT2D eigenvalue weighted by Crippen LogP contribution is -2.12. The molecule has 1 amide bonds. The van der Waals surface area contributed by atoms with Crippen LogP contribution in [-0.4, -0.2) is 16.1 Å². The third-order valence-electron chi connectivity index (χ3n) is 1.85. The average Bonchev–Trinajstić information content (AvgIpc) is 2.75. The molecule has 0 saturated heterocycles. The van der Waals surface area contributed by atoms with Crippen LogP contribution >= 0.6 is 0 Å². The van der Waals surface area contributed by atoms with E-state index in [1.54, 1.807) is 25.3 Å². The maximum Gasteiger partial charge on any atom is 0.260 e. The second-order valence-corrected chi connectivity index (χ2v) is 2.81. The zero-order valence-corrected chi connectivity index (χ0v) is 7.57. The Morgan fingerprint density at radius 1 is 1.57 bits per heavy atom. The summed E-state index contributed by atoms with van der Waals surface area (Å²) in [5.74, 6) is 0.957. The molecule has 2 rings (SSSR count). The van der Waals surface area contributed by atoms with Gasteiger partial charge in [-0.1, -0.05) is 0 Å². The van der Waals surface area contributed by atoms with E-state index in [1.165, 1.54) is 6.26 Å². The van der Waals surface area contributed by atoms with E-state index in [0.717, 1.165) is 0 Å². The zero-order valence-electron chi connectivity index (χ0n) is 7.57. The van der Waals surface area contributed by atoms with Crippen LogP contribution in [-0.2, 0) is 0 Å². The smallest absolute Gasteiger partial charge is 0.260 e. The summed E-state index contributed by atoms with van der Waals surface area (Å²) < 4.78 is 5.02. The van der Waals surface area contributed by atoms with E-state index in [2.05, 4.69) is 15.5 Å². The number of H-pyrrole nitrogens is 1. The highest BCUT2D eigenvalue weighted by Crippen LogP contribution is 2.10. The van der Waals surface area contributed by atoms with Crippen LogP contribution in [0, 0.1) is 6.92 Å². The third kappa shape index (κ3) is 1.52. The first-order chi connectivity index (χ1) is 6.77. The minimum atomic E-state index is -0.208. The number of rotatable bonds is 2. The molecule has 72 valence electrons. The summed E-state index contributed by atoms with van der Waals surface area (Å²) in [6, 6.07) is 3.30. The van der Waals surface area contributed by atoms with Crippen molar-refractivity contribution in [1.29, 1.82) is 0 Å². The van der Waals surface area contributed by atoms with Crippen molar-refractivity contribution in [2.75, 3.05) is 5.32 Å². The number of hydrogen-bond donors (Lipinski definition) is 2.